The highest BCUT2D eigenvalue weighted by Gasteiger charge is 2.32. The molecule has 3 aromatic carbocycles. The van der Waals surface area contributed by atoms with Gasteiger partial charge in [-0.25, -0.2) is 8.42 Å². The largest absolute Gasteiger partial charge is 0.350 e. The molecule has 0 fully saturated rings. The van der Waals surface area contributed by atoms with Crippen molar-refractivity contribution in [3.05, 3.63) is 99.0 Å². The minimum absolute atomic E-state index is 0.0518. The topological polar surface area (TPSA) is 86.8 Å². The summed E-state index contributed by atoms with van der Waals surface area (Å²) in [7, 11) is -3.64. The van der Waals surface area contributed by atoms with Crippen molar-refractivity contribution < 1.29 is 18.0 Å². The van der Waals surface area contributed by atoms with Gasteiger partial charge in [-0.1, -0.05) is 76.1 Å². The predicted molar refractivity (Wildman–Crippen MR) is 174 cm³/mol. The molecule has 0 unspecified atom stereocenters. The van der Waals surface area contributed by atoms with E-state index in [9.17, 15) is 18.0 Å². The maximum Gasteiger partial charge on any atom is 0.243 e. The summed E-state index contributed by atoms with van der Waals surface area (Å²) in [6.07, 6.45) is 1.79. The lowest BCUT2D eigenvalue weighted by Crippen LogP contribution is -2.54. The average Bonchev–Trinajstić information content (AvgIpc) is 2.90. The zero-order valence-corrected chi connectivity index (χ0v) is 27.9. The summed E-state index contributed by atoms with van der Waals surface area (Å²) in [6.45, 7) is 7.85. The van der Waals surface area contributed by atoms with Gasteiger partial charge in [0, 0.05) is 41.0 Å². The second kappa shape index (κ2) is 14.5. The Hall–Kier alpha value is -2.88. The van der Waals surface area contributed by atoms with Crippen LogP contribution in [0.1, 0.15) is 50.3 Å². The molecule has 1 N–H and O–H groups in total. The van der Waals surface area contributed by atoms with E-state index in [1.807, 2.05) is 82.3 Å². The molecule has 0 aliphatic heterocycles. The van der Waals surface area contributed by atoms with Crippen molar-refractivity contribution in [2.75, 3.05) is 17.1 Å². The van der Waals surface area contributed by atoms with E-state index in [1.54, 1.807) is 23.1 Å². The Morgan fingerprint density at radius 2 is 1.62 bits per heavy atom. The molecule has 0 aliphatic rings. The van der Waals surface area contributed by atoms with Gasteiger partial charge in [0.15, 0.2) is 0 Å². The van der Waals surface area contributed by atoms with E-state index >= 15 is 0 Å². The lowest BCUT2D eigenvalue weighted by molar-refractivity contribution is -0.142. The van der Waals surface area contributed by atoms with Gasteiger partial charge in [0.2, 0.25) is 21.8 Å². The number of carbonyl (C=O) groups is 2. The monoisotopic (exact) mass is 675 g/mol. The zero-order valence-electron chi connectivity index (χ0n) is 24.7. The molecule has 0 radical (unpaired) electrons. The number of anilines is 1. The number of sulfonamides is 1. The molecule has 0 bridgehead atoms. The lowest BCUT2D eigenvalue weighted by Gasteiger charge is -2.34. The number of carbonyl (C=O) groups excluding carboxylic acids is 2. The molecule has 0 spiro atoms. The molecule has 0 saturated carbocycles. The van der Waals surface area contributed by atoms with Crippen LogP contribution in [0.4, 0.5) is 5.69 Å². The van der Waals surface area contributed by atoms with E-state index < -0.39 is 21.6 Å². The summed E-state index contributed by atoms with van der Waals surface area (Å²) in [5, 5.41) is 3.48. The van der Waals surface area contributed by atoms with E-state index in [2.05, 4.69) is 21.2 Å². The second-order valence-electron chi connectivity index (χ2n) is 11.5. The summed E-state index contributed by atoms with van der Waals surface area (Å²) in [4.78, 5) is 29.3. The molecular weight excluding hydrogens is 638 g/mol. The Morgan fingerprint density at radius 1 is 0.976 bits per heavy atom. The third kappa shape index (κ3) is 10.1. The molecule has 42 heavy (non-hydrogen) atoms. The fourth-order valence-electron chi connectivity index (χ4n) is 4.63. The van der Waals surface area contributed by atoms with Crippen LogP contribution in [0.15, 0.2) is 77.3 Å². The number of aryl methyl sites for hydroxylation is 1. The first-order valence-electron chi connectivity index (χ1n) is 13.8. The smallest absolute Gasteiger partial charge is 0.243 e. The SMILES string of the molecule is Cc1ccc(Cl)cc1N(CCCC(=O)N(Cc1ccc(Br)cc1)[C@@H](Cc1ccccc1)C(=O)NC(C)(C)C)S(C)(=O)=O. The molecule has 0 aromatic heterocycles. The van der Waals surface area contributed by atoms with Crippen molar-refractivity contribution in [3.8, 4) is 0 Å². The Morgan fingerprint density at radius 3 is 2.21 bits per heavy atom. The maximum atomic E-state index is 14.0. The van der Waals surface area contributed by atoms with Gasteiger partial charge in [-0.05, 0) is 75.1 Å². The van der Waals surface area contributed by atoms with Gasteiger partial charge in [0.05, 0.1) is 11.9 Å². The van der Waals surface area contributed by atoms with Gasteiger partial charge < -0.3 is 10.2 Å². The molecule has 0 heterocycles. The number of nitrogens with one attached hydrogen (secondary N) is 1. The number of benzene rings is 3. The standard InChI is InChI=1S/C32H39BrClN3O4S/c1-23-13-18-27(34)21-28(23)37(42(5,40)41)19-9-12-30(38)36(22-25-14-16-26(33)17-15-25)29(31(39)35-32(2,3)4)20-24-10-7-6-8-11-24/h6-8,10-11,13-18,21,29H,9,12,19-20,22H2,1-5H3,(H,35,39)/t29-/m0/s1. The normalized spacial score (nSPS) is 12.5. The molecular formula is C32H39BrClN3O4S. The first-order chi connectivity index (χ1) is 19.6. The summed E-state index contributed by atoms with van der Waals surface area (Å²) in [5.41, 5.74) is 2.55. The van der Waals surface area contributed by atoms with E-state index in [0.29, 0.717) is 17.1 Å². The van der Waals surface area contributed by atoms with Crippen molar-refractivity contribution in [2.24, 2.45) is 0 Å². The van der Waals surface area contributed by atoms with Gasteiger partial charge in [0.1, 0.15) is 6.04 Å². The van der Waals surface area contributed by atoms with Gasteiger partial charge in [-0.15, -0.1) is 0 Å². The van der Waals surface area contributed by atoms with Crippen LogP contribution in [0, 0.1) is 6.92 Å². The molecule has 0 aliphatic carbocycles. The Balaban J connectivity index is 1.92. The van der Waals surface area contributed by atoms with Crippen LogP contribution < -0.4 is 9.62 Å². The molecule has 0 saturated heterocycles. The molecule has 10 heteroatoms. The highest BCUT2D eigenvalue weighted by molar-refractivity contribution is 9.10. The van der Waals surface area contributed by atoms with Crippen LogP contribution >= 0.6 is 27.5 Å². The van der Waals surface area contributed by atoms with E-state index in [0.717, 1.165) is 27.4 Å². The van der Waals surface area contributed by atoms with Crippen LogP contribution in [-0.2, 0) is 32.6 Å². The number of amides is 2. The fraction of sp³-hybridized carbons (Fsp3) is 0.375. The summed E-state index contributed by atoms with van der Waals surface area (Å²) >= 11 is 9.63. The summed E-state index contributed by atoms with van der Waals surface area (Å²) < 4.78 is 27.7. The molecule has 7 nitrogen and oxygen atoms in total. The summed E-state index contributed by atoms with van der Waals surface area (Å²) in [5.74, 6) is -0.483. The fourth-order valence-corrected chi connectivity index (χ4v) is 6.07. The minimum atomic E-state index is -3.64. The van der Waals surface area contributed by atoms with Crippen molar-refractivity contribution in [2.45, 2.75) is 65.1 Å². The second-order valence-corrected chi connectivity index (χ2v) is 14.7. The number of hydrogen-bond acceptors (Lipinski definition) is 4. The van der Waals surface area contributed by atoms with Gasteiger partial charge in [-0.3, -0.25) is 13.9 Å². The first-order valence-corrected chi connectivity index (χ1v) is 16.8. The minimum Gasteiger partial charge on any atom is -0.350 e. The van der Waals surface area contributed by atoms with Crippen LogP contribution in [0.2, 0.25) is 5.02 Å². The average molecular weight is 677 g/mol. The van der Waals surface area contributed by atoms with E-state index in [-0.39, 0.29) is 37.7 Å². The van der Waals surface area contributed by atoms with Crippen molar-refractivity contribution in [1.29, 1.82) is 0 Å². The Kier molecular flexibility index (Phi) is 11.6. The Bertz CT molecular complexity index is 1480. The number of nitrogens with zero attached hydrogens (tertiary/aromatic N) is 2. The first kappa shape index (κ1) is 33.6. The van der Waals surface area contributed by atoms with Crippen LogP contribution in [0.5, 0.6) is 0 Å². The van der Waals surface area contributed by atoms with Crippen molar-refractivity contribution >= 4 is 55.1 Å². The lowest BCUT2D eigenvalue weighted by atomic mass is 10.00. The van der Waals surface area contributed by atoms with Gasteiger partial charge >= 0.3 is 0 Å². The predicted octanol–water partition coefficient (Wildman–Crippen LogP) is 6.51. The Labute approximate surface area is 263 Å². The molecule has 226 valence electrons. The highest BCUT2D eigenvalue weighted by atomic mass is 79.9. The number of hydrogen-bond donors (Lipinski definition) is 1. The van der Waals surface area contributed by atoms with Gasteiger partial charge in [0.25, 0.3) is 0 Å². The van der Waals surface area contributed by atoms with Crippen molar-refractivity contribution in [1.82, 2.24) is 10.2 Å². The third-order valence-corrected chi connectivity index (χ3v) is 8.57. The van der Waals surface area contributed by atoms with Gasteiger partial charge in [-0.2, -0.15) is 0 Å². The van der Waals surface area contributed by atoms with Crippen molar-refractivity contribution in [3.63, 3.8) is 0 Å². The van der Waals surface area contributed by atoms with Crippen LogP contribution in [-0.4, -0.2) is 49.5 Å². The summed E-state index contributed by atoms with van der Waals surface area (Å²) in [6, 6.07) is 21.6. The molecule has 3 aromatic rings. The highest BCUT2D eigenvalue weighted by Crippen LogP contribution is 2.27. The van der Waals surface area contributed by atoms with Crippen LogP contribution in [0.3, 0.4) is 0 Å². The zero-order chi connectivity index (χ0) is 31.1. The van der Waals surface area contributed by atoms with E-state index in [1.165, 1.54) is 4.31 Å². The number of rotatable bonds is 12. The number of halogens is 2. The van der Waals surface area contributed by atoms with Crippen LogP contribution in [0.25, 0.3) is 0 Å². The maximum absolute atomic E-state index is 14.0. The quantitative estimate of drug-likeness (QED) is 0.237. The molecule has 2 amide bonds. The van der Waals surface area contributed by atoms with E-state index in [4.69, 9.17) is 11.6 Å². The molecule has 1 atom stereocenters. The molecule has 3 rings (SSSR count). The third-order valence-electron chi connectivity index (χ3n) is 6.63.